The molecule has 0 bridgehead atoms. The zero-order valence-electron chi connectivity index (χ0n) is 14.0. The molecule has 0 N–H and O–H groups in total. The number of likely N-dealkylation sites (tertiary alicyclic amines) is 1. The van der Waals surface area contributed by atoms with E-state index < -0.39 is 11.9 Å². The molecule has 1 aliphatic rings. The maximum atomic E-state index is 12.6. The molecule has 1 aromatic heterocycles. The first kappa shape index (κ1) is 18.5. The molecular weight excluding hydrogens is 321 g/mol. The average molecular weight is 344 g/mol. The van der Waals surface area contributed by atoms with Crippen molar-refractivity contribution in [3.63, 3.8) is 0 Å². The number of hydrogen-bond acceptors (Lipinski definition) is 3. The van der Waals surface area contributed by atoms with E-state index in [4.69, 9.17) is 4.74 Å². The van der Waals surface area contributed by atoms with Crippen molar-refractivity contribution in [3.8, 4) is 5.88 Å². The Morgan fingerprint density at radius 3 is 2.46 bits per heavy atom. The van der Waals surface area contributed by atoms with Crippen LogP contribution in [0.15, 0.2) is 18.2 Å². The zero-order chi connectivity index (χ0) is 17.7. The van der Waals surface area contributed by atoms with Crippen LogP contribution in [0, 0.1) is 5.92 Å². The summed E-state index contributed by atoms with van der Waals surface area (Å²) in [6.07, 6.45) is -1.15. The van der Waals surface area contributed by atoms with Gasteiger partial charge in [-0.2, -0.15) is 13.2 Å². The van der Waals surface area contributed by atoms with Crippen molar-refractivity contribution in [1.29, 1.82) is 0 Å². The third kappa shape index (κ3) is 4.61. The lowest BCUT2D eigenvalue weighted by Gasteiger charge is -2.40. The van der Waals surface area contributed by atoms with E-state index in [1.165, 1.54) is 12.1 Å². The normalized spacial score (nSPS) is 15.5. The van der Waals surface area contributed by atoms with Crippen molar-refractivity contribution in [2.24, 2.45) is 5.92 Å². The SMILES string of the molecule is CCCC(CCC)C(=O)N1CC(Oc2cccc(C(F)(F)F)n2)C1. The van der Waals surface area contributed by atoms with Crippen LogP contribution in [0.5, 0.6) is 5.88 Å². The minimum Gasteiger partial charge on any atom is -0.471 e. The fourth-order valence-electron chi connectivity index (χ4n) is 2.85. The number of amides is 1. The Kier molecular flexibility index (Phi) is 6.07. The maximum Gasteiger partial charge on any atom is 0.433 e. The van der Waals surface area contributed by atoms with E-state index in [-0.39, 0.29) is 23.8 Å². The van der Waals surface area contributed by atoms with Crippen LogP contribution in [-0.2, 0) is 11.0 Å². The van der Waals surface area contributed by atoms with Gasteiger partial charge < -0.3 is 9.64 Å². The number of ether oxygens (including phenoxy) is 1. The van der Waals surface area contributed by atoms with E-state index >= 15 is 0 Å². The summed E-state index contributed by atoms with van der Waals surface area (Å²) < 4.78 is 43.4. The summed E-state index contributed by atoms with van der Waals surface area (Å²) in [6.45, 7) is 4.91. The van der Waals surface area contributed by atoms with Gasteiger partial charge in [-0.05, 0) is 18.9 Å². The van der Waals surface area contributed by atoms with Crippen LogP contribution >= 0.6 is 0 Å². The fraction of sp³-hybridized carbons (Fsp3) is 0.647. The number of carbonyl (C=O) groups is 1. The predicted octanol–water partition coefficient (Wildman–Crippen LogP) is 3.91. The second-order valence-electron chi connectivity index (χ2n) is 6.12. The Bertz CT molecular complexity index is 551. The van der Waals surface area contributed by atoms with Gasteiger partial charge in [0, 0.05) is 12.0 Å². The van der Waals surface area contributed by atoms with E-state index in [9.17, 15) is 18.0 Å². The molecule has 134 valence electrons. The first-order valence-electron chi connectivity index (χ1n) is 8.34. The Morgan fingerprint density at radius 2 is 1.92 bits per heavy atom. The Morgan fingerprint density at radius 1 is 1.29 bits per heavy atom. The summed E-state index contributed by atoms with van der Waals surface area (Å²) in [5, 5.41) is 0. The van der Waals surface area contributed by atoms with Crippen molar-refractivity contribution < 1.29 is 22.7 Å². The summed E-state index contributed by atoms with van der Waals surface area (Å²) in [6, 6.07) is 3.57. The number of nitrogens with zero attached hydrogens (tertiary/aromatic N) is 2. The van der Waals surface area contributed by atoms with E-state index in [2.05, 4.69) is 18.8 Å². The topological polar surface area (TPSA) is 42.4 Å². The molecule has 2 heterocycles. The van der Waals surface area contributed by atoms with Gasteiger partial charge in [0.1, 0.15) is 11.8 Å². The second kappa shape index (κ2) is 7.85. The number of hydrogen-bond donors (Lipinski definition) is 0. The first-order valence-corrected chi connectivity index (χ1v) is 8.34. The minimum absolute atomic E-state index is 0.0348. The minimum atomic E-state index is -4.49. The molecule has 0 spiro atoms. The lowest BCUT2D eigenvalue weighted by Crippen LogP contribution is -2.57. The van der Waals surface area contributed by atoms with Gasteiger partial charge in [0.25, 0.3) is 0 Å². The molecule has 1 aromatic rings. The summed E-state index contributed by atoms with van der Waals surface area (Å²) in [7, 11) is 0. The summed E-state index contributed by atoms with van der Waals surface area (Å²) >= 11 is 0. The molecule has 24 heavy (non-hydrogen) atoms. The molecule has 2 rings (SSSR count). The molecule has 0 radical (unpaired) electrons. The molecule has 0 aliphatic carbocycles. The fourth-order valence-corrected chi connectivity index (χ4v) is 2.85. The van der Waals surface area contributed by atoms with E-state index in [1.807, 2.05) is 0 Å². The molecule has 0 atom stereocenters. The molecule has 1 amide bonds. The highest BCUT2D eigenvalue weighted by molar-refractivity contribution is 5.79. The van der Waals surface area contributed by atoms with Crippen LogP contribution in [0.1, 0.15) is 45.2 Å². The van der Waals surface area contributed by atoms with E-state index in [0.717, 1.165) is 31.7 Å². The van der Waals surface area contributed by atoms with Crippen LogP contribution in [0.2, 0.25) is 0 Å². The maximum absolute atomic E-state index is 12.6. The predicted molar refractivity (Wildman–Crippen MR) is 83.5 cm³/mol. The standard InChI is InChI=1S/C17H23F3N2O2/c1-3-6-12(7-4-2)16(23)22-10-13(11-22)24-15-9-5-8-14(21-15)17(18,19)20/h5,8-9,12-13H,3-4,6-7,10-11H2,1-2H3. The highest BCUT2D eigenvalue weighted by atomic mass is 19.4. The molecule has 1 aliphatic heterocycles. The largest absolute Gasteiger partial charge is 0.471 e. The second-order valence-corrected chi connectivity index (χ2v) is 6.12. The van der Waals surface area contributed by atoms with Crippen LogP contribution in [0.25, 0.3) is 0 Å². The molecule has 4 nitrogen and oxygen atoms in total. The molecule has 1 saturated heterocycles. The molecule has 1 fully saturated rings. The van der Waals surface area contributed by atoms with Gasteiger partial charge in [0.15, 0.2) is 0 Å². The van der Waals surface area contributed by atoms with Gasteiger partial charge in [-0.15, -0.1) is 0 Å². The van der Waals surface area contributed by atoms with Gasteiger partial charge in [0.05, 0.1) is 13.1 Å². The average Bonchev–Trinajstić information content (AvgIpc) is 2.49. The van der Waals surface area contributed by atoms with Crippen LogP contribution in [-0.4, -0.2) is 35.0 Å². The quantitative estimate of drug-likeness (QED) is 0.753. The van der Waals surface area contributed by atoms with Gasteiger partial charge >= 0.3 is 6.18 Å². The number of rotatable bonds is 7. The highest BCUT2D eigenvalue weighted by Gasteiger charge is 2.36. The number of halogens is 3. The number of alkyl halides is 3. The van der Waals surface area contributed by atoms with Crippen LogP contribution in [0.4, 0.5) is 13.2 Å². The van der Waals surface area contributed by atoms with Gasteiger partial charge in [-0.1, -0.05) is 32.8 Å². The Balaban J connectivity index is 1.87. The summed E-state index contributed by atoms with van der Waals surface area (Å²) in [4.78, 5) is 17.6. The van der Waals surface area contributed by atoms with Crippen molar-refractivity contribution >= 4 is 5.91 Å². The highest BCUT2D eigenvalue weighted by Crippen LogP contribution is 2.29. The van der Waals surface area contributed by atoms with Crippen molar-refractivity contribution in [3.05, 3.63) is 23.9 Å². The van der Waals surface area contributed by atoms with Crippen molar-refractivity contribution in [2.45, 2.75) is 51.8 Å². The van der Waals surface area contributed by atoms with Gasteiger partial charge in [0.2, 0.25) is 11.8 Å². The smallest absolute Gasteiger partial charge is 0.433 e. The third-order valence-electron chi connectivity index (χ3n) is 4.08. The number of aromatic nitrogens is 1. The lowest BCUT2D eigenvalue weighted by atomic mass is 9.95. The summed E-state index contributed by atoms with van der Waals surface area (Å²) in [5.74, 6) is 0.101. The monoisotopic (exact) mass is 344 g/mol. The van der Waals surface area contributed by atoms with E-state index in [1.54, 1.807) is 4.90 Å². The third-order valence-corrected chi connectivity index (χ3v) is 4.08. The Hall–Kier alpha value is -1.79. The first-order chi connectivity index (χ1) is 11.3. The number of pyridine rings is 1. The van der Waals surface area contributed by atoms with Crippen LogP contribution < -0.4 is 4.74 Å². The number of carbonyl (C=O) groups excluding carboxylic acids is 1. The summed E-state index contributed by atoms with van der Waals surface area (Å²) in [5.41, 5.74) is -0.974. The van der Waals surface area contributed by atoms with Crippen molar-refractivity contribution in [1.82, 2.24) is 9.88 Å². The van der Waals surface area contributed by atoms with Gasteiger partial charge in [-0.25, -0.2) is 4.98 Å². The molecule has 0 unspecified atom stereocenters. The van der Waals surface area contributed by atoms with Crippen molar-refractivity contribution in [2.75, 3.05) is 13.1 Å². The zero-order valence-corrected chi connectivity index (χ0v) is 14.0. The molecule has 0 saturated carbocycles. The molecule has 0 aromatic carbocycles. The van der Waals surface area contributed by atoms with Gasteiger partial charge in [-0.3, -0.25) is 4.79 Å². The molecule has 7 heteroatoms. The lowest BCUT2D eigenvalue weighted by molar-refractivity contribution is -0.145. The Labute approximate surface area is 140 Å². The van der Waals surface area contributed by atoms with E-state index in [0.29, 0.717) is 13.1 Å². The van der Waals surface area contributed by atoms with Crippen LogP contribution in [0.3, 0.4) is 0 Å². The molecular formula is C17H23F3N2O2.